The lowest BCUT2D eigenvalue weighted by Crippen LogP contribution is -2.08. The molecule has 1 heteroatoms. The Morgan fingerprint density at radius 1 is 1.21 bits per heavy atom. The van der Waals surface area contributed by atoms with Crippen LogP contribution in [0.5, 0.6) is 0 Å². The summed E-state index contributed by atoms with van der Waals surface area (Å²) in [6.45, 7) is 3.94. The van der Waals surface area contributed by atoms with Crippen LogP contribution in [-0.4, -0.2) is 6.61 Å². The van der Waals surface area contributed by atoms with E-state index in [1.54, 1.807) is 5.56 Å². The van der Waals surface area contributed by atoms with Gasteiger partial charge in [0.2, 0.25) is 0 Å². The van der Waals surface area contributed by atoms with Crippen LogP contribution in [0.2, 0.25) is 0 Å². The van der Waals surface area contributed by atoms with Gasteiger partial charge in [-0.15, -0.1) is 0 Å². The Bertz CT molecular complexity index is 363. The molecule has 14 heavy (non-hydrogen) atoms. The molecule has 0 aromatic heterocycles. The molecule has 0 unspecified atom stereocenters. The van der Waals surface area contributed by atoms with Crippen molar-refractivity contribution in [3.8, 4) is 0 Å². The lowest BCUT2D eigenvalue weighted by Gasteiger charge is -2.15. The normalized spacial score (nSPS) is 22.9. The molecule has 0 amide bonds. The Kier molecular flexibility index (Phi) is 1.72. The summed E-state index contributed by atoms with van der Waals surface area (Å²) in [6, 6.07) is 6.82. The number of hydrogen-bond acceptors (Lipinski definition) is 1. The van der Waals surface area contributed by atoms with Gasteiger partial charge in [-0.3, -0.25) is 0 Å². The summed E-state index contributed by atoms with van der Waals surface area (Å²) in [6.07, 6.45) is 3.96. The van der Waals surface area contributed by atoms with E-state index in [0.717, 1.165) is 13.2 Å². The zero-order valence-electron chi connectivity index (χ0n) is 8.68. The van der Waals surface area contributed by atoms with Crippen LogP contribution in [0.3, 0.4) is 0 Å². The van der Waals surface area contributed by atoms with Crippen LogP contribution in [-0.2, 0) is 16.8 Å². The predicted octanol–water partition coefficient (Wildman–Crippen LogP) is 2.95. The summed E-state index contributed by atoms with van der Waals surface area (Å²) >= 11 is 0. The highest BCUT2D eigenvalue weighted by Gasteiger charge is 2.45. The van der Waals surface area contributed by atoms with Crippen molar-refractivity contribution in [3.05, 3.63) is 34.9 Å². The molecule has 3 rings (SSSR count). The van der Waals surface area contributed by atoms with Crippen LogP contribution in [0.25, 0.3) is 0 Å². The standard InChI is InChI=1S/C13H16O/c1-10-2-3-11-9-14-7-6-13(4-5-13)12(11)8-10/h2-3,8H,4-7,9H2,1H3. The van der Waals surface area contributed by atoms with Crippen molar-refractivity contribution in [1.82, 2.24) is 0 Å². The van der Waals surface area contributed by atoms with E-state index < -0.39 is 0 Å². The molecule has 1 nitrogen and oxygen atoms in total. The molecule has 0 atom stereocenters. The monoisotopic (exact) mass is 188 g/mol. The number of ether oxygens (including phenoxy) is 1. The smallest absolute Gasteiger partial charge is 0.0719 e. The molecular weight excluding hydrogens is 172 g/mol. The third kappa shape index (κ3) is 1.19. The quantitative estimate of drug-likeness (QED) is 0.608. The van der Waals surface area contributed by atoms with Crippen LogP contribution >= 0.6 is 0 Å². The summed E-state index contributed by atoms with van der Waals surface area (Å²) < 4.78 is 5.64. The fourth-order valence-electron chi connectivity index (χ4n) is 2.56. The first-order valence-corrected chi connectivity index (χ1v) is 5.48. The van der Waals surface area contributed by atoms with E-state index >= 15 is 0 Å². The minimum atomic E-state index is 0.512. The topological polar surface area (TPSA) is 9.23 Å². The number of fused-ring (bicyclic) bond motifs is 2. The maximum absolute atomic E-state index is 5.64. The van der Waals surface area contributed by atoms with Gasteiger partial charge in [-0.1, -0.05) is 23.8 Å². The minimum absolute atomic E-state index is 0.512. The van der Waals surface area contributed by atoms with Gasteiger partial charge < -0.3 is 4.74 Å². The van der Waals surface area contributed by atoms with E-state index in [4.69, 9.17) is 4.74 Å². The molecule has 1 saturated carbocycles. The van der Waals surface area contributed by atoms with Crippen molar-refractivity contribution in [2.75, 3.05) is 6.61 Å². The van der Waals surface area contributed by atoms with Crippen LogP contribution in [0.1, 0.15) is 36.0 Å². The van der Waals surface area contributed by atoms with Gasteiger partial charge in [0, 0.05) is 6.61 Å². The van der Waals surface area contributed by atoms with Gasteiger partial charge in [0.05, 0.1) is 6.61 Å². The van der Waals surface area contributed by atoms with Crippen LogP contribution in [0.15, 0.2) is 18.2 Å². The van der Waals surface area contributed by atoms with E-state index in [9.17, 15) is 0 Å². The molecule has 74 valence electrons. The molecular formula is C13H16O. The van der Waals surface area contributed by atoms with Gasteiger partial charge in [-0.25, -0.2) is 0 Å². The molecule has 2 aliphatic rings. The average Bonchev–Trinajstić information content (AvgIpc) is 2.97. The summed E-state index contributed by atoms with van der Waals surface area (Å²) in [5.41, 5.74) is 4.90. The van der Waals surface area contributed by atoms with Gasteiger partial charge >= 0.3 is 0 Å². The molecule has 1 heterocycles. The lowest BCUT2D eigenvalue weighted by atomic mass is 9.88. The zero-order valence-corrected chi connectivity index (χ0v) is 8.68. The van der Waals surface area contributed by atoms with Crippen molar-refractivity contribution in [3.63, 3.8) is 0 Å². The maximum Gasteiger partial charge on any atom is 0.0719 e. The third-order valence-corrected chi connectivity index (χ3v) is 3.67. The molecule has 1 aliphatic heterocycles. The fraction of sp³-hybridized carbons (Fsp3) is 0.538. The van der Waals surface area contributed by atoms with Gasteiger partial charge in [-0.2, -0.15) is 0 Å². The second-order valence-electron chi connectivity index (χ2n) is 4.74. The molecule has 1 spiro atoms. The summed E-state index contributed by atoms with van der Waals surface area (Å²) in [5, 5.41) is 0. The SMILES string of the molecule is Cc1ccc2c(c1)C1(CCOC2)CC1. The Labute approximate surface area is 85.1 Å². The number of rotatable bonds is 0. The Morgan fingerprint density at radius 3 is 2.86 bits per heavy atom. The van der Waals surface area contributed by atoms with Crippen LogP contribution < -0.4 is 0 Å². The predicted molar refractivity (Wildman–Crippen MR) is 56.4 cm³/mol. The third-order valence-electron chi connectivity index (χ3n) is 3.67. The van der Waals surface area contributed by atoms with E-state index in [1.807, 2.05) is 0 Å². The Balaban J connectivity index is 2.13. The number of benzene rings is 1. The van der Waals surface area contributed by atoms with Gasteiger partial charge in [0.1, 0.15) is 0 Å². The fourth-order valence-corrected chi connectivity index (χ4v) is 2.56. The van der Waals surface area contributed by atoms with Gasteiger partial charge in [0.25, 0.3) is 0 Å². The van der Waals surface area contributed by atoms with Crippen molar-refractivity contribution >= 4 is 0 Å². The first kappa shape index (κ1) is 8.49. The van der Waals surface area contributed by atoms with Crippen LogP contribution in [0, 0.1) is 6.92 Å². The maximum atomic E-state index is 5.64. The van der Waals surface area contributed by atoms with Crippen molar-refractivity contribution < 1.29 is 4.74 Å². The average molecular weight is 188 g/mol. The minimum Gasteiger partial charge on any atom is -0.377 e. The number of hydrogen-bond donors (Lipinski definition) is 0. The Hall–Kier alpha value is -0.820. The summed E-state index contributed by atoms with van der Waals surface area (Å²) in [5.74, 6) is 0. The lowest BCUT2D eigenvalue weighted by molar-refractivity contribution is 0.120. The largest absolute Gasteiger partial charge is 0.377 e. The number of aryl methyl sites for hydroxylation is 1. The van der Waals surface area contributed by atoms with Crippen LogP contribution in [0.4, 0.5) is 0 Å². The van der Waals surface area contributed by atoms with Crippen molar-refractivity contribution in [2.45, 2.75) is 38.2 Å². The first-order valence-electron chi connectivity index (χ1n) is 5.48. The molecule has 1 aliphatic carbocycles. The Morgan fingerprint density at radius 2 is 2.07 bits per heavy atom. The molecule has 1 aromatic carbocycles. The zero-order chi connectivity index (χ0) is 9.60. The highest BCUT2D eigenvalue weighted by molar-refractivity contribution is 5.41. The van der Waals surface area contributed by atoms with E-state index in [1.165, 1.54) is 30.4 Å². The van der Waals surface area contributed by atoms with Crippen molar-refractivity contribution in [1.29, 1.82) is 0 Å². The second kappa shape index (κ2) is 2.83. The van der Waals surface area contributed by atoms with Gasteiger partial charge in [0.15, 0.2) is 0 Å². The molecule has 0 radical (unpaired) electrons. The molecule has 1 fully saturated rings. The molecule has 0 N–H and O–H groups in total. The van der Waals surface area contributed by atoms with E-state index in [2.05, 4.69) is 25.1 Å². The van der Waals surface area contributed by atoms with Gasteiger partial charge in [-0.05, 0) is 42.7 Å². The second-order valence-corrected chi connectivity index (χ2v) is 4.74. The first-order chi connectivity index (χ1) is 6.80. The molecule has 0 saturated heterocycles. The molecule has 1 aromatic rings. The summed E-state index contributed by atoms with van der Waals surface area (Å²) in [7, 11) is 0. The molecule has 0 bridgehead atoms. The van der Waals surface area contributed by atoms with E-state index in [-0.39, 0.29) is 0 Å². The highest BCUT2D eigenvalue weighted by Crippen LogP contribution is 2.53. The summed E-state index contributed by atoms with van der Waals surface area (Å²) in [4.78, 5) is 0. The highest BCUT2D eigenvalue weighted by atomic mass is 16.5. The van der Waals surface area contributed by atoms with E-state index in [0.29, 0.717) is 5.41 Å². The van der Waals surface area contributed by atoms with Crippen molar-refractivity contribution in [2.24, 2.45) is 0 Å².